The fourth-order valence-corrected chi connectivity index (χ4v) is 2.62. The Kier molecular flexibility index (Phi) is 3.82. The third kappa shape index (κ3) is 2.74. The molecular weight excluding hydrogens is 225 g/mol. The van der Waals surface area contributed by atoms with Crippen LogP contribution in [0.4, 0.5) is 4.39 Å². The summed E-state index contributed by atoms with van der Waals surface area (Å²) in [6, 6.07) is 5.13. The maximum absolute atomic E-state index is 13.6. The minimum atomic E-state index is -0.203. The number of halogens is 2. The van der Waals surface area contributed by atoms with E-state index in [9.17, 15) is 4.39 Å². The molecule has 2 rings (SSSR count). The Morgan fingerprint density at radius 2 is 2.06 bits per heavy atom. The zero-order valence-corrected chi connectivity index (χ0v) is 10.0. The monoisotopic (exact) mass is 241 g/mol. The first-order chi connectivity index (χ1) is 7.66. The van der Waals surface area contributed by atoms with Gasteiger partial charge in [-0.25, -0.2) is 4.39 Å². The zero-order chi connectivity index (χ0) is 11.5. The molecule has 0 aliphatic heterocycles. The van der Waals surface area contributed by atoms with Crippen LogP contribution in [0, 0.1) is 11.7 Å². The van der Waals surface area contributed by atoms with Gasteiger partial charge in [0.1, 0.15) is 5.82 Å². The molecule has 1 aromatic carbocycles. The summed E-state index contributed by atoms with van der Waals surface area (Å²) in [5.74, 6) is 0.217. The lowest BCUT2D eigenvalue weighted by molar-refractivity contribution is 0.304. The lowest BCUT2D eigenvalue weighted by Gasteiger charge is -2.28. The Bertz CT molecular complexity index is 367. The second-order valence-electron chi connectivity index (χ2n) is 4.65. The smallest absolute Gasteiger partial charge is 0.127 e. The van der Waals surface area contributed by atoms with Crippen molar-refractivity contribution in [1.29, 1.82) is 0 Å². The van der Waals surface area contributed by atoms with Crippen molar-refractivity contribution in [3.63, 3.8) is 0 Å². The van der Waals surface area contributed by atoms with E-state index in [2.05, 4.69) is 0 Å². The molecule has 0 heterocycles. The quantitative estimate of drug-likeness (QED) is 0.842. The highest BCUT2D eigenvalue weighted by Crippen LogP contribution is 2.27. The summed E-state index contributed by atoms with van der Waals surface area (Å²) in [7, 11) is 0. The lowest BCUT2D eigenvalue weighted by Crippen LogP contribution is -2.34. The van der Waals surface area contributed by atoms with Gasteiger partial charge in [-0.05, 0) is 42.9 Å². The summed E-state index contributed by atoms with van der Waals surface area (Å²) in [6.07, 6.45) is 5.35. The van der Waals surface area contributed by atoms with Crippen molar-refractivity contribution in [3.8, 4) is 0 Å². The fourth-order valence-electron chi connectivity index (χ4n) is 2.46. The highest BCUT2D eigenvalue weighted by Gasteiger charge is 2.22. The second-order valence-corrected chi connectivity index (χ2v) is 5.08. The van der Waals surface area contributed by atoms with Gasteiger partial charge in [-0.2, -0.15) is 0 Å². The van der Waals surface area contributed by atoms with Gasteiger partial charge in [0.05, 0.1) is 0 Å². The van der Waals surface area contributed by atoms with Gasteiger partial charge in [-0.15, -0.1) is 0 Å². The molecule has 1 aromatic rings. The SMILES string of the molecule is NC1CCCCC1Cc1ccc(Cl)cc1F. The minimum Gasteiger partial charge on any atom is -0.327 e. The molecule has 3 heteroatoms. The van der Waals surface area contributed by atoms with Gasteiger partial charge in [-0.1, -0.05) is 30.5 Å². The Balaban J connectivity index is 2.07. The van der Waals surface area contributed by atoms with E-state index >= 15 is 0 Å². The van der Waals surface area contributed by atoms with E-state index in [0.717, 1.165) is 24.8 Å². The molecule has 2 atom stereocenters. The topological polar surface area (TPSA) is 26.0 Å². The van der Waals surface area contributed by atoms with E-state index in [0.29, 0.717) is 10.9 Å². The molecule has 0 spiro atoms. The number of nitrogens with two attached hydrogens (primary N) is 1. The van der Waals surface area contributed by atoms with Crippen LogP contribution in [-0.4, -0.2) is 6.04 Å². The summed E-state index contributed by atoms with van der Waals surface area (Å²) < 4.78 is 13.6. The van der Waals surface area contributed by atoms with Gasteiger partial charge in [0.15, 0.2) is 0 Å². The molecule has 2 N–H and O–H groups in total. The fraction of sp³-hybridized carbons (Fsp3) is 0.538. The number of rotatable bonds is 2. The summed E-state index contributed by atoms with van der Waals surface area (Å²) in [4.78, 5) is 0. The molecule has 88 valence electrons. The summed E-state index contributed by atoms with van der Waals surface area (Å²) >= 11 is 5.72. The Morgan fingerprint density at radius 3 is 2.75 bits per heavy atom. The number of hydrogen-bond acceptors (Lipinski definition) is 1. The first kappa shape index (κ1) is 11.9. The van der Waals surface area contributed by atoms with Crippen molar-refractivity contribution in [2.45, 2.75) is 38.1 Å². The third-order valence-electron chi connectivity index (χ3n) is 3.47. The minimum absolute atomic E-state index is 0.203. The Labute approximate surface area is 101 Å². The van der Waals surface area contributed by atoms with E-state index in [1.54, 1.807) is 12.1 Å². The van der Waals surface area contributed by atoms with Crippen molar-refractivity contribution >= 4 is 11.6 Å². The van der Waals surface area contributed by atoms with E-state index in [-0.39, 0.29) is 11.9 Å². The maximum Gasteiger partial charge on any atom is 0.127 e. The molecule has 0 bridgehead atoms. The van der Waals surface area contributed by atoms with Crippen LogP contribution in [-0.2, 0) is 6.42 Å². The summed E-state index contributed by atoms with van der Waals surface area (Å²) in [5, 5.41) is 0.453. The predicted octanol–water partition coefficient (Wildman–Crippen LogP) is 3.54. The van der Waals surface area contributed by atoms with Crippen LogP contribution < -0.4 is 5.73 Å². The standard InChI is InChI=1S/C13H17ClFN/c14-11-6-5-9(12(15)8-11)7-10-3-1-2-4-13(10)16/h5-6,8,10,13H,1-4,7,16H2. The van der Waals surface area contributed by atoms with Crippen molar-refractivity contribution in [1.82, 2.24) is 0 Å². The van der Waals surface area contributed by atoms with Gasteiger partial charge >= 0.3 is 0 Å². The van der Waals surface area contributed by atoms with Crippen LogP contribution in [0.3, 0.4) is 0 Å². The van der Waals surface area contributed by atoms with Crippen LogP contribution in [0.5, 0.6) is 0 Å². The van der Waals surface area contributed by atoms with Crippen LogP contribution in [0.25, 0.3) is 0 Å². The highest BCUT2D eigenvalue weighted by molar-refractivity contribution is 6.30. The Morgan fingerprint density at radius 1 is 1.31 bits per heavy atom. The highest BCUT2D eigenvalue weighted by atomic mass is 35.5. The number of hydrogen-bond donors (Lipinski definition) is 1. The molecule has 0 saturated heterocycles. The second kappa shape index (κ2) is 5.15. The van der Waals surface area contributed by atoms with Crippen molar-refractivity contribution in [2.75, 3.05) is 0 Å². The average Bonchev–Trinajstić information content (AvgIpc) is 2.25. The predicted molar refractivity (Wildman–Crippen MR) is 65.0 cm³/mol. The van der Waals surface area contributed by atoms with Crippen LogP contribution >= 0.6 is 11.6 Å². The summed E-state index contributed by atoms with van der Waals surface area (Å²) in [5.41, 5.74) is 6.80. The van der Waals surface area contributed by atoms with Crippen LogP contribution in [0.1, 0.15) is 31.2 Å². The van der Waals surface area contributed by atoms with E-state index in [1.165, 1.54) is 18.9 Å². The molecule has 1 aliphatic rings. The Hall–Kier alpha value is -0.600. The summed E-state index contributed by atoms with van der Waals surface area (Å²) in [6.45, 7) is 0. The molecule has 1 saturated carbocycles. The molecule has 0 amide bonds. The van der Waals surface area contributed by atoms with Crippen molar-refractivity contribution < 1.29 is 4.39 Å². The van der Waals surface area contributed by atoms with Crippen molar-refractivity contribution in [2.24, 2.45) is 11.7 Å². The molecular formula is C13H17ClFN. The first-order valence-electron chi connectivity index (χ1n) is 5.86. The van der Waals surface area contributed by atoms with Gasteiger partial charge in [0.2, 0.25) is 0 Å². The molecule has 2 unspecified atom stereocenters. The maximum atomic E-state index is 13.6. The van der Waals surface area contributed by atoms with E-state index < -0.39 is 0 Å². The molecule has 1 nitrogen and oxygen atoms in total. The molecule has 0 radical (unpaired) electrons. The van der Waals surface area contributed by atoms with E-state index in [1.807, 2.05) is 0 Å². The number of benzene rings is 1. The molecule has 1 fully saturated rings. The van der Waals surface area contributed by atoms with Crippen LogP contribution in [0.2, 0.25) is 5.02 Å². The first-order valence-corrected chi connectivity index (χ1v) is 6.24. The largest absolute Gasteiger partial charge is 0.327 e. The van der Waals surface area contributed by atoms with E-state index in [4.69, 9.17) is 17.3 Å². The van der Waals surface area contributed by atoms with Crippen molar-refractivity contribution in [3.05, 3.63) is 34.6 Å². The van der Waals surface area contributed by atoms with Gasteiger partial charge in [0, 0.05) is 11.1 Å². The average molecular weight is 242 g/mol. The normalized spacial score (nSPS) is 25.7. The third-order valence-corrected chi connectivity index (χ3v) is 3.70. The van der Waals surface area contributed by atoms with Gasteiger partial charge in [0.25, 0.3) is 0 Å². The van der Waals surface area contributed by atoms with Gasteiger partial charge < -0.3 is 5.73 Å². The molecule has 0 aromatic heterocycles. The zero-order valence-electron chi connectivity index (χ0n) is 9.26. The van der Waals surface area contributed by atoms with Gasteiger partial charge in [-0.3, -0.25) is 0 Å². The molecule has 16 heavy (non-hydrogen) atoms. The lowest BCUT2D eigenvalue weighted by atomic mass is 9.81. The van der Waals surface area contributed by atoms with Crippen LogP contribution in [0.15, 0.2) is 18.2 Å². The molecule has 1 aliphatic carbocycles.